The fourth-order valence-electron chi connectivity index (χ4n) is 3.63. The molecule has 0 saturated carbocycles. The molecule has 2 aromatic rings. The third-order valence-corrected chi connectivity index (χ3v) is 5.37. The third-order valence-electron chi connectivity index (χ3n) is 5.37. The summed E-state index contributed by atoms with van der Waals surface area (Å²) >= 11 is 0. The number of carbonyl (C=O) groups excluding carboxylic acids is 1. The molecule has 0 radical (unpaired) electrons. The largest absolute Gasteiger partial charge is 0.493 e. The topological polar surface area (TPSA) is 64.5 Å². The number of rotatable bonds is 9. The van der Waals surface area contributed by atoms with Crippen LogP contribution >= 0.6 is 0 Å². The van der Waals surface area contributed by atoms with Crippen LogP contribution in [0, 0.1) is 0 Å². The van der Waals surface area contributed by atoms with Gasteiger partial charge in [0, 0.05) is 25.3 Å². The lowest BCUT2D eigenvalue weighted by Crippen LogP contribution is -3.15. The van der Waals surface area contributed by atoms with Crippen molar-refractivity contribution in [3.8, 4) is 11.5 Å². The standard InChI is InChI=1S/C23H31N3O4/c1-25(2)19-10-8-18(9-11-19)20(26-12-14-29-15-13-26)16-24-23(27)17-30-22-7-5-4-6-21(22)28-3/h4-11,20H,12-17H2,1-3H3,(H,24,27)/p+1/t20-/m1/s1. The molecule has 0 bridgehead atoms. The number of nitrogens with zero attached hydrogens (tertiary/aromatic N) is 1. The molecule has 7 heteroatoms. The summed E-state index contributed by atoms with van der Waals surface area (Å²) in [5.74, 6) is 1.02. The summed E-state index contributed by atoms with van der Waals surface area (Å²) in [6.07, 6.45) is 0. The number of para-hydroxylation sites is 2. The first-order chi connectivity index (χ1) is 14.6. The van der Waals surface area contributed by atoms with Crippen molar-refractivity contribution in [2.75, 3.05) is 65.6 Å². The number of morpholine rings is 1. The maximum Gasteiger partial charge on any atom is 0.258 e. The predicted octanol–water partition coefficient (Wildman–Crippen LogP) is 0.913. The molecule has 1 aliphatic rings. The molecule has 0 spiro atoms. The summed E-state index contributed by atoms with van der Waals surface area (Å²) in [5, 5.41) is 3.05. The molecule has 7 nitrogen and oxygen atoms in total. The average Bonchev–Trinajstić information content (AvgIpc) is 2.79. The van der Waals surface area contributed by atoms with E-state index in [9.17, 15) is 4.79 Å². The predicted molar refractivity (Wildman–Crippen MR) is 117 cm³/mol. The Kier molecular flexibility index (Phi) is 7.93. The Morgan fingerprint density at radius 2 is 1.77 bits per heavy atom. The minimum absolute atomic E-state index is 0.0505. The van der Waals surface area contributed by atoms with Crippen molar-refractivity contribution in [1.29, 1.82) is 0 Å². The lowest BCUT2D eigenvalue weighted by Gasteiger charge is -2.32. The molecule has 0 aliphatic carbocycles. The molecule has 2 N–H and O–H groups in total. The molecule has 1 aliphatic heterocycles. The highest BCUT2D eigenvalue weighted by molar-refractivity contribution is 5.77. The monoisotopic (exact) mass is 414 g/mol. The molecule has 3 rings (SSSR count). The van der Waals surface area contributed by atoms with E-state index >= 15 is 0 Å². The number of anilines is 1. The van der Waals surface area contributed by atoms with Crippen molar-refractivity contribution in [3.63, 3.8) is 0 Å². The van der Waals surface area contributed by atoms with E-state index in [0.29, 0.717) is 18.0 Å². The lowest BCUT2D eigenvalue weighted by molar-refractivity contribution is -0.937. The van der Waals surface area contributed by atoms with Gasteiger partial charge in [0.05, 0.1) is 26.9 Å². The van der Waals surface area contributed by atoms with Gasteiger partial charge in [-0.2, -0.15) is 0 Å². The molecule has 1 amide bonds. The van der Waals surface area contributed by atoms with E-state index in [1.807, 2.05) is 32.3 Å². The lowest BCUT2D eigenvalue weighted by atomic mass is 10.0. The molecule has 2 aromatic carbocycles. The van der Waals surface area contributed by atoms with Crippen LogP contribution in [0.1, 0.15) is 11.6 Å². The smallest absolute Gasteiger partial charge is 0.258 e. The molecule has 1 saturated heterocycles. The average molecular weight is 415 g/mol. The van der Waals surface area contributed by atoms with Gasteiger partial charge < -0.3 is 29.3 Å². The second-order valence-corrected chi connectivity index (χ2v) is 7.55. The van der Waals surface area contributed by atoms with Gasteiger partial charge in [0.1, 0.15) is 19.1 Å². The maximum absolute atomic E-state index is 12.5. The summed E-state index contributed by atoms with van der Waals surface area (Å²) in [6, 6.07) is 16.0. The van der Waals surface area contributed by atoms with Crippen molar-refractivity contribution < 1.29 is 23.9 Å². The van der Waals surface area contributed by atoms with E-state index in [-0.39, 0.29) is 18.6 Å². The van der Waals surface area contributed by atoms with Gasteiger partial charge in [-0.1, -0.05) is 24.3 Å². The molecule has 162 valence electrons. The number of nitrogens with one attached hydrogen (secondary N) is 2. The van der Waals surface area contributed by atoms with Crippen molar-refractivity contribution in [1.82, 2.24) is 5.32 Å². The molecular weight excluding hydrogens is 382 g/mol. The zero-order valence-corrected chi connectivity index (χ0v) is 18.0. The zero-order chi connectivity index (χ0) is 21.3. The Balaban J connectivity index is 1.62. The fraction of sp³-hybridized carbons (Fsp3) is 0.435. The summed E-state index contributed by atoms with van der Waals surface area (Å²) in [5.41, 5.74) is 2.37. The first kappa shape index (κ1) is 21.9. The van der Waals surface area contributed by atoms with Gasteiger partial charge in [-0.3, -0.25) is 4.79 Å². The van der Waals surface area contributed by atoms with Crippen LogP contribution in [0.15, 0.2) is 48.5 Å². The minimum Gasteiger partial charge on any atom is -0.493 e. The van der Waals surface area contributed by atoms with Gasteiger partial charge in [-0.05, 0) is 24.3 Å². The second kappa shape index (κ2) is 10.8. The van der Waals surface area contributed by atoms with E-state index in [0.717, 1.165) is 32.0 Å². The van der Waals surface area contributed by atoms with Crippen LogP contribution in [0.25, 0.3) is 0 Å². The number of quaternary nitrogens is 1. The van der Waals surface area contributed by atoms with Crippen molar-refractivity contribution in [2.24, 2.45) is 0 Å². The number of hydrogen-bond donors (Lipinski definition) is 2. The number of hydrogen-bond acceptors (Lipinski definition) is 5. The Morgan fingerprint density at radius 1 is 1.10 bits per heavy atom. The van der Waals surface area contributed by atoms with Gasteiger partial charge in [-0.15, -0.1) is 0 Å². The molecule has 1 fully saturated rings. The highest BCUT2D eigenvalue weighted by Gasteiger charge is 2.27. The Labute approximate surface area is 178 Å². The van der Waals surface area contributed by atoms with Crippen LogP contribution in [0.4, 0.5) is 5.69 Å². The van der Waals surface area contributed by atoms with Gasteiger partial charge >= 0.3 is 0 Å². The molecule has 1 heterocycles. The zero-order valence-electron chi connectivity index (χ0n) is 18.0. The SMILES string of the molecule is COc1ccccc1OCC(=O)NC[C@H](c1ccc(N(C)C)cc1)[NH+]1CCOCC1. The number of ether oxygens (including phenoxy) is 3. The van der Waals surface area contributed by atoms with Crippen LogP contribution < -0.4 is 24.6 Å². The normalized spacial score (nSPS) is 15.3. The first-order valence-corrected chi connectivity index (χ1v) is 10.3. The maximum atomic E-state index is 12.5. The Hall–Kier alpha value is -2.77. The fourth-order valence-corrected chi connectivity index (χ4v) is 3.63. The Bertz CT molecular complexity index is 804. The van der Waals surface area contributed by atoms with Crippen molar-refractivity contribution >= 4 is 11.6 Å². The van der Waals surface area contributed by atoms with Crippen LogP contribution in [0.3, 0.4) is 0 Å². The van der Waals surface area contributed by atoms with Crippen LogP contribution in [-0.4, -0.2) is 66.6 Å². The van der Waals surface area contributed by atoms with Crippen molar-refractivity contribution in [2.45, 2.75) is 6.04 Å². The first-order valence-electron chi connectivity index (χ1n) is 10.3. The highest BCUT2D eigenvalue weighted by Crippen LogP contribution is 2.25. The second-order valence-electron chi connectivity index (χ2n) is 7.55. The Morgan fingerprint density at radius 3 is 2.40 bits per heavy atom. The van der Waals surface area contributed by atoms with Gasteiger partial charge in [0.2, 0.25) is 0 Å². The van der Waals surface area contributed by atoms with Gasteiger partial charge in [0.15, 0.2) is 18.1 Å². The van der Waals surface area contributed by atoms with Crippen molar-refractivity contribution in [3.05, 3.63) is 54.1 Å². The van der Waals surface area contributed by atoms with E-state index in [1.54, 1.807) is 13.2 Å². The molecule has 30 heavy (non-hydrogen) atoms. The molecule has 1 atom stereocenters. The summed E-state index contributed by atoms with van der Waals surface area (Å²) in [7, 11) is 5.64. The number of benzene rings is 2. The van der Waals surface area contributed by atoms with Crippen LogP contribution in [-0.2, 0) is 9.53 Å². The third kappa shape index (κ3) is 5.87. The van der Waals surface area contributed by atoms with E-state index in [4.69, 9.17) is 14.2 Å². The molecule has 0 unspecified atom stereocenters. The summed E-state index contributed by atoms with van der Waals surface area (Å²) < 4.78 is 16.4. The number of carbonyl (C=O) groups is 1. The highest BCUT2D eigenvalue weighted by atomic mass is 16.5. The number of methoxy groups -OCH3 is 1. The summed E-state index contributed by atoms with van der Waals surface area (Å²) in [4.78, 5) is 16.0. The number of amides is 1. The molecular formula is C23H32N3O4+. The minimum atomic E-state index is -0.150. The van der Waals surface area contributed by atoms with Crippen LogP contribution in [0.2, 0.25) is 0 Å². The van der Waals surface area contributed by atoms with Gasteiger partial charge in [-0.25, -0.2) is 0 Å². The van der Waals surface area contributed by atoms with E-state index in [1.165, 1.54) is 10.5 Å². The quantitative estimate of drug-likeness (QED) is 0.639. The summed E-state index contributed by atoms with van der Waals surface area (Å²) in [6.45, 7) is 3.83. The van der Waals surface area contributed by atoms with E-state index < -0.39 is 0 Å². The van der Waals surface area contributed by atoms with Crippen LogP contribution in [0.5, 0.6) is 11.5 Å². The molecule has 0 aromatic heterocycles. The van der Waals surface area contributed by atoms with E-state index in [2.05, 4.69) is 34.5 Å². The van der Waals surface area contributed by atoms with Gasteiger partial charge in [0.25, 0.3) is 5.91 Å².